The fraction of sp³-hybridized carbons (Fsp3) is 0.333. The van der Waals surface area contributed by atoms with Crippen LogP contribution in [-0.4, -0.2) is 16.9 Å². The molecular formula is C24H27FN2O2. The second kappa shape index (κ2) is 8.19. The lowest BCUT2D eigenvalue weighted by atomic mass is 9.79. The van der Waals surface area contributed by atoms with E-state index in [-0.39, 0.29) is 17.3 Å². The van der Waals surface area contributed by atoms with Gasteiger partial charge in [0.05, 0.1) is 12.3 Å². The van der Waals surface area contributed by atoms with Crippen LogP contribution in [0.1, 0.15) is 51.7 Å². The van der Waals surface area contributed by atoms with Crippen molar-refractivity contribution in [1.82, 2.24) is 4.98 Å². The fourth-order valence-corrected chi connectivity index (χ4v) is 3.53. The number of ketones is 1. The van der Waals surface area contributed by atoms with Gasteiger partial charge in [0.1, 0.15) is 17.4 Å². The molecular weight excluding hydrogens is 367 g/mol. The molecule has 29 heavy (non-hydrogen) atoms. The standard InChI is InChI=1S/C24H27FN2O2/c1-15(2)29-21-8-6-7-17(9-21)16(3)22-10-18(25)14-26-23(22)27-19-11-20(28)13-24(4,5)12-19/h6-11,14-15H,3,12-13H2,1-2,4-5H3,(H,26,27). The van der Waals surface area contributed by atoms with Crippen LogP contribution in [0.25, 0.3) is 5.57 Å². The van der Waals surface area contributed by atoms with E-state index in [2.05, 4.69) is 30.7 Å². The maximum Gasteiger partial charge on any atom is 0.157 e. The molecule has 0 spiro atoms. The Bertz CT molecular complexity index is 977. The maximum absolute atomic E-state index is 14.0. The van der Waals surface area contributed by atoms with E-state index in [0.717, 1.165) is 23.2 Å². The van der Waals surface area contributed by atoms with Gasteiger partial charge in [-0.1, -0.05) is 32.6 Å². The molecule has 0 unspecified atom stereocenters. The lowest BCUT2D eigenvalue weighted by Crippen LogP contribution is -2.24. The number of carbonyl (C=O) groups is 1. The van der Waals surface area contributed by atoms with Crippen LogP contribution in [0.3, 0.4) is 0 Å². The summed E-state index contributed by atoms with van der Waals surface area (Å²) in [7, 11) is 0. The highest BCUT2D eigenvalue weighted by Crippen LogP contribution is 2.36. The molecule has 5 heteroatoms. The Hall–Kier alpha value is -2.95. The highest BCUT2D eigenvalue weighted by molar-refractivity contribution is 5.92. The van der Waals surface area contributed by atoms with Crippen LogP contribution in [0.5, 0.6) is 5.75 Å². The van der Waals surface area contributed by atoms with Crippen LogP contribution in [0.4, 0.5) is 10.2 Å². The summed E-state index contributed by atoms with van der Waals surface area (Å²) in [5.74, 6) is 0.822. The number of ether oxygens (including phenoxy) is 1. The minimum Gasteiger partial charge on any atom is -0.491 e. The first-order chi connectivity index (χ1) is 13.6. The topological polar surface area (TPSA) is 51.2 Å². The van der Waals surface area contributed by atoms with E-state index >= 15 is 0 Å². The van der Waals surface area contributed by atoms with Crippen molar-refractivity contribution in [3.63, 3.8) is 0 Å². The van der Waals surface area contributed by atoms with Gasteiger partial charge in [-0.3, -0.25) is 4.79 Å². The Morgan fingerprint density at radius 2 is 2.03 bits per heavy atom. The molecule has 3 rings (SSSR count). The van der Waals surface area contributed by atoms with E-state index in [1.807, 2.05) is 38.1 Å². The first kappa shape index (κ1) is 20.8. The van der Waals surface area contributed by atoms with Crippen molar-refractivity contribution in [2.75, 3.05) is 5.32 Å². The third kappa shape index (κ3) is 5.31. The number of carbonyl (C=O) groups excluding carboxylic acids is 1. The lowest BCUT2D eigenvalue weighted by molar-refractivity contribution is -0.117. The van der Waals surface area contributed by atoms with Gasteiger partial charge in [-0.05, 0) is 55.0 Å². The molecule has 0 aliphatic heterocycles. The minimum absolute atomic E-state index is 0.0470. The number of hydrogen-bond donors (Lipinski definition) is 1. The van der Waals surface area contributed by atoms with Crippen molar-refractivity contribution < 1.29 is 13.9 Å². The number of anilines is 1. The summed E-state index contributed by atoms with van der Waals surface area (Å²) in [6, 6.07) is 8.94. The zero-order valence-corrected chi connectivity index (χ0v) is 17.4. The fourth-order valence-electron chi connectivity index (χ4n) is 3.53. The minimum atomic E-state index is -0.449. The van der Waals surface area contributed by atoms with Gasteiger partial charge in [0.2, 0.25) is 0 Å². The van der Waals surface area contributed by atoms with E-state index < -0.39 is 5.82 Å². The molecule has 1 aliphatic carbocycles. The number of nitrogens with zero attached hydrogens (tertiary/aromatic N) is 1. The van der Waals surface area contributed by atoms with E-state index in [1.54, 1.807) is 6.08 Å². The molecule has 1 heterocycles. The molecule has 0 amide bonds. The molecule has 1 aromatic carbocycles. The van der Waals surface area contributed by atoms with Crippen molar-refractivity contribution in [3.05, 3.63) is 71.8 Å². The SMILES string of the molecule is C=C(c1cccc(OC(C)C)c1)c1cc(F)cnc1NC1=CC(=O)CC(C)(C)C1. The molecule has 1 aliphatic rings. The van der Waals surface area contributed by atoms with Gasteiger partial charge in [-0.15, -0.1) is 0 Å². The van der Waals surface area contributed by atoms with Crippen molar-refractivity contribution >= 4 is 17.2 Å². The first-order valence-corrected chi connectivity index (χ1v) is 9.75. The van der Waals surface area contributed by atoms with Crippen molar-refractivity contribution in [2.45, 2.75) is 46.6 Å². The van der Waals surface area contributed by atoms with Crippen LogP contribution in [0.2, 0.25) is 0 Å². The average Bonchev–Trinajstić information content (AvgIpc) is 2.60. The second-order valence-electron chi connectivity index (χ2n) is 8.50. The smallest absolute Gasteiger partial charge is 0.157 e. The zero-order chi connectivity index (χ0) is 21.2. The van der Waals surface area contributed by atoms with Gasteiger partial charge in [-0.25, -0.2) is 9.37 Å². The van der Waals surface area contributed by atoms with Crippen molar-refractivity contribution in [3.8, 4) is 5.75 Å². The summed E-state index contributed by atoms with van der Waals surface area (Å²) in [5.41, 5.74) is 2.62. The number of rotatable bonds is 6. The molecule has 0 atom stereocenters. The molecule has 1 N–H and O–H groups in total. The van der Waals surface area contributed by atoms with Gasteiger partial charge in [0.25, 0.3) is 0 Å². The molecule has 0 fully saturated rings. The largest absolute Gasteiger partial charge is 0.491 e. The Morgan fingerprint density at radius 3 is 2.72 bits per heavy atom. The Balaban J connectivity index is 1.93. The molecule has 0 bridgehead atoms. The average molecular weight is 394 g/mol. The van der Waals surface area contributed by atoms with Gasteiger partial charge in [0.15, 0.2) is 5.78 Å². The van der Waals surface area contributed by atoms with Crippen LogP contribution in [-0.2, 0) is 4.79 Å². The summed E-state index contributed by atoms with van der Waals surface area (Å²) >= 11 is 0. The normalized spacial score (nSPS) is 15.8. The first-order valence-electron chi connectivity index (χ1n) is 9.75. The van der Waals surface area contributed by atoms with E-state index in [9.17, 15) is 9.18 Å². The van der Waals surface area contributed by atoms with Gasteiger partial charge < -0.3 is 10.1 Å². The number of hydrogen-bond acceptors (Lipinski definition) is 4. The predicted molar refractivity (Wildman–Crippen MR) is 114 cm³/mol. The Kier molecular flexibility index (Phi) is 5.87. The summed E-state index contributed by atoms with van der Waals surface area (Å²) < 4.78 is 19.8. The number of nitrogens with one attached hydrogen (secondary N) is 1. The molecule has 0 radical (unpaired) electrons. The van der Waals surface area contributed by atoms with Crippen LogP contribution < -0.4 is 10.1 Å². The second-order valence-corrected chi connectivity index (χ2v) is 8.50. The van der Waals surface area contributed by atoms with Gasteiger partial charge in [0, 0.05) is 23.8 Å². The predicted octanol–water partition coefficient (Wildman–Crippen LogP) is 5.75. The maximum atomic E-state index is 14.0. The van der Waals surface area contributed by atoms with Crippen LogP contribution >= 0.6 is 0 Å². The summed E-state index contributed by atoms with van der Waals surface area (Å²) in [4.78, 5) is 16.3. The Labute approximate surface area is 171 Å². The molecule has 2 aromatic rings. The van der Waals surface area contributed by atoms with E-state index in [1.165, 1.54) is 6.07 Å². The highest BCUT2D eigenvalue weighted by Gasteiger charge is 2.28. The van der Waals surface area contributed by atoms with Crippen LogP contribution in [0.15, 0.2) is 54.9 Å². The zero-order valence-electron chi connectivity index (χ0n) is 17.4. The number of allylic oxidation sites excluding steroid dienone is 2. The number of pyridine rings is 1. The third-order valence-electron chi connectivity index (χ3n) is 4.67. The Morgan fingerprint density at radius 1 is 1.28 bits per heavy atom. The van der Waals surface area contributed by atoms with E-state index in [0.29, 0.717) is 29.8 Å². The lowest BCUT2D eigenvalue weighted by Gasteiger charge is -2.29. The highest BCUT2D eigenvalue weighted by atomic mass is 19.1. The summed E-state index contributed by atoms with van der Waals surface area (Å²) in [5, 5.41) is 3.23. The number of benzene rings is 1. The molecule has 4 nitrogen and oxygen atoms in total. The summed E-state index contributed by atoms with van der Waals surface area (Å²) in [6.45, 7) is 12.2. The number of aromatic nitrogens is 1. The van der Waals surface area contributed by atoms with Gasteiger partial charge in [-0.2, -0.15) is 0 Å². The van der Waals surface area contributed by atoms with Crippen molar-refractivity contribution in [1.29, 1.82) is 0 Å². The van der Waals surface area contributed by atoms with Gasteiger partial charge >= 0.3 is 0 Å². The van der Waals surface area contributed by atoms with E-state index in [4.69, 9.17) is 4.74 Å². The molecule has 152 valence electrons. The monoisotopic (exact) mass is 394 g/mol. The summed E-state index contributed by atoms with van der Waals surface area (Å²) in [6.07, 6.45) is 4.04. The third-order valence-corrected chi connectivity index (χ3v) is 4.67. The van der Waals surface area contributed by atoms with Crippen LogP contribution in [0, 0.1) is 11.2 Å². The quantitative estimate of drug-likeness (QED) is 0.677. The number of halogens is 1. The van der Waals surface area contributed by atoms with Crippen molar-refractivity contribution in [2.24, 2.45) is 5.41 Å². The molecule has 0 saturated carbocycles. The molecule has 1 aromatic heterocycles. The molecule has 0 saturated heterocycles.